The largest absolute Gasteiger partial charge is 0.356 e. The van der Waals surface area contributed by atoms with Gasteiger partial charge in [0.15, 0.2) is 5.96 Å². The molecule has 1 aromatic rings. The molecule has 6 nitrogen and oxygen atoms in total. The van der Waals surface area contributed by atoms with Gasteiger partial charge < -0.3 is 16.0 Å². The standard InChI is InChI=1S/C22H34FN5O/c1-3-12-25-20(29)15-28-13-8-17(9-14-28)27-21(24-2)26-16-22(10-11-22)18-6-4-5-7-19(18)23/h4-7,17H,3,8-16H2,1-2H3,(H,25,29)(H2,24,26,27). The van der Waals surface area contributed by atoms with Gasteiger partial charge in [-0.25, -0.2) is 4.39 Å². The molecule has 0 atom stereocenters. The second-order valence-corrected chi connectivity index (χ2v) is 8.23. The van der Waals surface area contributed by atoms with E-state index in [1.165, 1.54) is 0 Å². The molecule has 0 unspecified atom stereocenters. The van der Waals surface area contributed by atoms with E-state index in [-0.39, 0.29) is 17.1 Å². The Morgan fingerprint density at radius 3 is 2.59 bits per heavy atom. The maximum atomic E-state index is 14.2. The van der Waals surface area contributed by atoms with Crippen LogP contribution in [0.4, 0.5) is 4.39 Å². The van der Waals surface area contributed by atoms with Crippen molar-refractivity contribution in [2.45, 2.75) is 50.5 Å². The van der Waals surface area contributed by atoms with Crippen molar-refractivity contribution in [3.05, 3.63) is 35.6 Å². The molecule has 0 radical (unpaired) electrons. The second-order valence-electron chi connectivity index (χ2n) is 8.23. The molecule has 160 valence electrons. The van der Waals surface area contributed by atoms with E-state index in [1.54, 1.807) is 19.2 Å². The van der Waals surface area contributed by atoms with Crippen molar-refractivity contribution in [3.63, 3.8) is 0 Å². The van der Waals surface area contributed by atoms with Gasteiger partial charge in [-0.15, -0.1) is 0 Å². The highest BCUT2D eigenvalue weighted by atomic mass is 19.1. The molecule has 1 saturated heterocycles. The molecule has 1 aromatic carbocycles. The number of rotatable bonds is 8. The molecule has 1 heterocycles. The minimum absolute atomic E-state index is 0.110. The van der Waals surface area contributed by atoms with E-state index >= 15 is 0 Å². The van der Waals surface area contributed by atoms with Gasteiger partial charge in [0.1, 0.15) is 5.82 Å². The van der Waals surface area contributed by atoms with Crippen molar-refractivity contribution in [1.82, 2.24) is 20.9 Å². The molecule has 3 N–H and O–H groups in total. The molecule has 7 heteroatoms. The fourth-order valence-corrected chi connectivity index (χ4v) is 3.98. The van der Waals surface area contributed by atoms with Crippen molar-refractivity contribution in [1.29, 1.82) is 0 Å². The maximum absolute atomic E-state index is 14.2. The predicted molar refractivity (Wildman–Crippen MR) is 115 cm³/mol. The van der Waals surface area contributed by atoms with Crippen molar-refractivity contribution < 1.29 is 9.18 Å². The normalized spacial score (nSPS) is 19.6. The average molecular weight is 404 g/mol. The highest BCUT2D eigenvalue weighted by Gasteiger charge is 2.45. The molecule has 0 aromatic heterocycles. The highest BCUT2D eigenvalue weighted by Crippen LogP contribution is 2.48. The molecule has 29 heavy (non-hydrogen) atoms. The summed E-state index contributed by atoms with van der Waals surface area (Å²) in [5, 5.41) is 9.84. The summed E-state index contributed by atoms with van der Waals surface area (Å²) >= 11 is 0. The van der Waals surface area contributed by atoms with E-state index in [9.17, 15) is 9.18 Å². The first-order valence-corrected chi connectivity index (χ1v) is 10.8. The van der Waals surface area contributed by atoms with Gasteiger partial charge in [0.25, 0.3) is 0 Å². The van der Waals surface area contributed by atoms with Crippen LogP contribution in [0, 0.1) is 5.82 Å². The minimum atomic E-state index is -0.120. The number of hydrogen-bond donors (Lipinski definition) is 3. The molecule has 3 rings (SSSR count). The van der Waals surface area contributed by atoms with Gasteiger partial charge in [-0.05, 0) is 43.7 Å². The van der Waals surface area contributed by atoms with E-state index in [0.29, 0.717) is 19.1 Å². The van der Waals surface area contributed by atoms with E-state index in [4.69, 9.17) is 0 Å². The summed E-state index contributed by atoms with van der Waals surface area (Å²) in [6.07, 6.45) is 4.90. The smallest absolute Gasteiger partial charge is 0.234 e. The first-order valence-electron chi connectivity index (χ1n) is 10.8. The molecule has 1 aliphatic carbocycles. The summed E-state index contributed by atoms with van der Waals surface area (Å²) in [5.74, 6) is 0.760. The number of halogens is 1. The quantitative estimate of drug-likeness (QED) is 0.459. The lowest BCUT2D eigenvalue weighted by Crippen LogP contribution is -2.51. The third-order valence-electron chi connectivity index (χ3n) is 5.98. The fourth-order valence-electron chi connectivity index (χ4n) is 3.98. The van der Waals surface area contributed by atoms with Gasteiger partial charge in [-0.1, -0.05) is 25.1 Å². The molecule has 2 fully saturated rings. The zero-order chi connectivity index (χ0) is 20.7. The number of nitrogens with zero attached hydrogens (tertiary/aromatic N) is 2. The van der Waals surface area contributed by atoms with E-state index in [1.807, 2.05) is 12.1 Å². The number of amides is 1. The molecule has 0 spiro atoms. The maximum Gasteiger partial charge on any atom is 0.234 e. The zero-order valence-electron chi connectivity index (χ0n) is 17.6. The van der Waals surface area contributed by atoms with Crippen LogP contribution in [0.25, 0.3) is 0 Å². The Morgan fingerprint density at radius 1 is 1.24 bits per heavy atom. The average Bonchev–Trinajstić information content (AvgIpc) is 3.52. The van der Waals surface area contributed by atoms with Crippen molar-refractivity contribution in [2.24, 2.45) is 4.99 Å². The van der Waals surface area contributed by atoms with Gasteiger partial charge in [0.2, 0.25) is 5.91 Å². The molecular weight excluding hydrogens is 369 g/mol. The van der Waals surface area contributed by atoms with Gasteiger partial charge in [0.05, 0.1) is 6.54 Å². The number of likely N-dealkylation sites (tertiary alicyclic amines) is 1. The number of benzene rings is 1. The number of guanidine groups is 1. The van der Waals surface area contributed by atoms with Crippen molar-refractivity contribution in [3.8, 4) is 0 Å². The van der Waals surface area contributed by atoms with Crippen LogP contribution >= 0.6 is 0 Å². The number of piperidine rings is 1. The van der Waals surface area contributed by atoms with E-state index in [0.717, 1.165) is 63.3 Å². The molecular formula is C22H34FN5O. The Hall–Kier alpha value is -2.15. The molecule has 0 bridgehead atoms. The van der Waals surface area contributed by atoms with Crippen LogP contribution in [-0.2, 0) is 10.2 Å². The van der Waals surface area contributed by atoms with Crippen LogP contribution in [0.15, 0.2) is 29.3 Å². The van der Waals surface area contributed by atoms with Crippen LogP contribution in [-0.4, -0.2) is 62.6 Å². The summed E-state index contributed by atoms with van der Waals surface area (Å²) in [6, 6.07) is 7.41. The molecule has 2 aliphatic rings. The molecule has 1 saturated carbocycles. The number of nitrogens with one attached hydrogen (secondary N) is 3. The van der Waals surface area contributed by atoms with Gasteiger partial charge in [-0.2, -0.15) is 0 Å². The van der Waals surface area contributed by atoms with Crippen molar-refractivity contribution >= 4 is 11.9 Å². The third-order valence-corrected chi connectivity index (χ3v) is 5.98. The Balaban J connectivity index is 1.42. The summed E-state index contributed by atoms with van der Waals surface area (Å²) in [7, 11) is 1.77. The van der Waals surface area contributed by atoms with E-state index < -0.39 is 0 Å². The van der Waals surface area contributed by atoms with Crippen LogP contribution in [0.5, 0.6) is 0 Å². The lowest BCUT2D eigenvalue weighted by atomic mass is 9.95. The minimum Gasteiger partial charge on any atom is -0.356 e. The van der Waals surface area contributed by atoms with E-state index in [2.05, 4.69) is 32.8 Å². The second kappa shape index (κ2) is 10.1. The van der Waals surface area contributed by atoms with Crippen molar-refractivity contribution in [2.75, 3.05) is 39.8 Å². The first kappa shape index (κ1) is 21.6. The van der Waals surface area contributed by atoms with Crippen LogP contribution < -0.4 is 16.0 Å². The Kier molecular flexibility index (Phi) is 7.47. The Labute approximate surface area is 173 Å². The van der Waals surface area contributed by atoms with Crippen LogP contribution in [0.1, 0.15) is 44.6 Å². The first-order chi connectivity index (χ1) is 14.1. The predicted octanol–water partition coefficient (Wildman–Crippen LogP) is 2.01. The summed E-state index contributed by atoms with van der Waals surface area (Å²) in [5.41, 5.74) is 0.690. The monoisotopic (exact) mass is 403 g/mol. The van der Waals surface area contributed by atoms with Gasteiger partial charge in [-0.3, -0.25) is 14.7 Å². The van der Waals surface area contributed by atoms with Crippen LogP contribution in [0.2, 0.25) is 0 Å². The Morgan fingerprint density at radius 2 is 1.97 bits per heavy atom. The van der Waals surface area contributed by atoms with Gasteiger partial charge in [0, 0.05) is 44.7 Å². The SMILES string of the molecule is CCCNC(=O)CN1CCC(NC(=NC)NCC2(c3ccccc3F)CC2)CC1. The fraction of sp³-hybridized carbons (Fsp3) is 0.636. The number of aliphatic imine (C=N–C) groups is 1. The zero-order valence-corrected chi connectivity index (χ0v) is 17.6. The number of hydrogen-bond acceptors (Lipinski definition) is 3. The number of carbonyl (C=O) groups is 1. The topological polar surface area (TPSA) is 68.8 Å². The summed E-state index contributed by atoms with van der Waals surface area (Å²) < 4.78 is 14.2. The summed E-state index contributed by atoms with van der Waals surface area (Å²) in [4.78, 5) is 18.4. The third kappa shape index (κ3) is 5.92. The Bertz CT molecular complexity index is 711. The highest BCUT2D eigenvalue weighted by molar-refractivity contribution is 5.80. The summed E-state index contributed by atoms with van der Waals surface area (Å²) in [6.45, 7) is 5.75. The lowest BCUT2D eigenvalue weighted by Gasteiger charge is -2.32. The number of carbonyl (C=O) groups excluding carboxylic acids is 1. The van der Waals surface area contributed by atoms with Crippen LogP contribution in [0.3, 0.4) is 0 Å². The molecule has 1 aliphatic heterocycles. The van der Waals surface area contributed by atoms with Gasteiger partial charge >= 0.3 is 0 Å². The lowest BCUT2D eigenvalue weighted by molar-refractivity contribution is -0.122. The molecule has 1 amide bonds.